The lowest BCUT2D eigenvalue weighted by atomic mass is 9.59. The molecule has 9 rings (SSSR count). The number of ether oxygens (including phenoxy) is 9. The van der Waals surface area contributed by atoms with Gasteiger partial charge in [-0.3, -0.25) is 38.4 Å². The van der Waals surface area contributed by atoms with Gasteiger partial charge in [-0.05, 0) is 137 Å². The van der Waals surface area contributed by atoms with Crippen molar-refractivity contribution in [3.05, 3.63) is 81.9 Å². The van der Waals surface area contributed by atoms with Crippen LogP contribution in [0, 0.1) is 46.8 Å². The van der Waals surface area contributed by atoms with E-state index in [1.165, 1.54) is 25.4 Å². The lowest BCUT2D eigenvalue weighted by molar-refractivity contribution is -0.265. The van der Waals surface area contributed by atoms with E-state index < -0.39 is 163 Å². The molecule has 0 radical (unpaired) electrons. The van der Waals surface area contributed by atoms with Crippen molar-refractivity contribution in [2.45, 2.75) is 270 Å². The van der Waals surface area contributed by atoms with Crippen LogP contribution in [-0.2, 0) is 85.4 Å². The Balaban J connectivity index is 1.04. The normalized spacial score (nSPS) is 36.6. The lowest BCUT2D eigenvalue weighted by Crippen LogP contribution is -2.61. The predicted molar refractivity (Wildman–Crippen MR) is 384 cm³/mol. The summed E-state index contributed by atoms with van der Waals surface area (Å²) in [6.07, 6.45) is 8.33. The summed E-state index contributed by atoms with van der Waals surface area (Å²) in [6, 6.07) is -1.25. The number of Topliss-reactive ketones (excluding diaryl/α,β-unsaturated/α-hetero) is 5. The van der Waals surface area contributed by atoms with Gasteiger partial charge in [0, 0.05) is 101 Å². The van der Waals surface area contributed by atoms with Gasteiger partial charge < -0.3 is 61.5 Å². The number of rotatable bonds is 14. The number of allylic oxidation sites excluding steroid dienone is 7. The SMILES string of the molecule is COC[C@H]1OC(=O)c2coc3c2C1C1=C(C3=O)[C@@H]2CCC(=O)[C@@]2(C)C[C@H]1OC(=O)CC(=O)O[C@@H]1/C(C)=C/[C@@H](C)C(=O)C[C@@H]([C@H](C)C[C@@H]2CC[C@@H](O[Si](C)(C)C(C)(C)C)[C@H](OC)C2)OC(=O)[C@@H]2CCCCN2C(=O)C(=O)[C@]2(O)O[C@@H](CC[C@H]2C)C[C@H](OC)/C(C)=C/C=C/C=C/[C@@H](C)C[C@@H](C)C(=O)[C@@H]1OC. The van der Waals surface area contributed by atoms with Crippen molar-refractivity contribution in [1.29, 1.82) is 0 Å². The van der Waals surface area contributed by atoms with E-state index in [2.05, 4.69) is 33.9 Å². The smallest absolute Gasteiger partial charge is 0.342 e. The van der Waals surface area contributed by atoms with Gasteiger partial charge in [-0.1, -0.05) is 98.8 Å². The number of aliphatic hydroxyl groups is 1. The minimum Gasteiger partial charge on any atom is -0.460 e. The van der Waals surface area contributed by atoms with Crippen LogP contribution in [0.25, 0.3) is 0 Å². The van der Waals surface area contributed by atoms with Crippen LogP contribution in [0.4, 0.5) is 0 Å². The minimum atomic E-state index is -2.51. The molecule has 1 amide bonds. The number of ketones is 5. The first-order valence-electron chi connectivity index (χ1n) is 37.5. The van der Waals surface area contributed by atoms with Gasteiger partial charge in [0.25, 0.3) is 11.7 Å². The van der Waals surface area contributed by atoms with E-state index in [0.717, 1.165) is 18.4 Å². The molecule has 1 aromatic rings. The van der Waals surface area contributed by atoms with E-state index in [1.54, 1.807) is 54.9 Å². The third kappa shape index (κ3) is 17.4. The molecule has 8 aliphatic rings. The third-order valence-electron chi connectivity index (χ3n) is 24.3. The Morgan fingerprint density at radius 2 is 1.52 bits per heavy atom. The highest BCUT2D eigenvalue weighted by Gasteiger charge is 2.61. The standard InChI is InChI=1S/C80H113NO22Si/c1-43-23-19-18-20-24-44(2)57(94-13)37-51-28-26-49(7)80(92,102-51)74(88)75(89)81-32-22-21-25-54(81)77(91)99-58(46(4)35-50-27-30-56(59(36-50)95-14)103-104(16,17)78(8,9)10)38-55(82)45(3)34-48(6)71(73(96-15)69(86)47(5)33-43)101-64(85)39-63(84)98-60-40-79(11)53(29-31-62(79)83)66-67(60)68-61(42-93-12)100-76(90)52-41-97-72(65(52)68)70(66)87/h18-20,23-24,34,41,43,45-47,49-51,53-54,56-61,68,71,73,92H,21-22,25-33,35-40,42H2,1-17H3/b20-18+,23-19+,44-24+,48-34+/t43-,45-,46-,47-,49-,50+,51+,53+,54+,56-,57+,58+,59-,60-,61-,68?,71-,73+,79+,80-/m1/s1. The van der Waals surface area contributed by atoms with Crippen LogP contribution < -0.4 is 0 Å². The number of cyclic esters (lactones) is 2. The summed E-state index contributed by atoms with van der Waals surface area (Å²) in [5.74, 6) is -14.7. The van der Waals surface area contributed by atoms with E-state index in [9.17, 15) is 43.5 Å². The molecule has 1 N–H and O–H groups in total. The molecule has 2 bridgehead atoms. The number of carbonyl (C=O) groups excluding carboxylic acids is 10. The Labute approximate surface area is 613 Å². The number of hydrogen-bond acceptors (Lipinski definition) is 22. The first kappa shape index (κ1) is 81.7. The second-order valence-electron chi connectivity index (χ2n) is 32.7. The number of carbonyl (C=O) groups is 10. The van der Waals surface area contributed by atoms with Gasteiger partial charge in [0.05, 0.1) is 36.9 Å². The topological polar surface area (TPSA) is 300 Å². The fourth-order valence-electron chi connectivity index (χ4n) is 17.1. The molecule has 104 heavy (non-hydrogen) atoms. The average Bonchev–Trinajstić information content (AvgIpc) is 1.48. The summed E-state index contributed by atoms with van der Waals surface area (Å²) in [5.41, 5.74) is 0.719. The molecule has 2 saturated heterocycles. The average molecular weight is 1470 g/mol. The van der Waals surface area contributed by atoms with Crippen LogP contribution in [0.5, 0.6) is 0 Å². The van der Waals surface area contributed by atoms with E-state index in [-0.39, 0.29) is 108 Å². The van der Waals surface area contributed by atoms with Crippen LogP contribution in [-0.4, -0.2) is 185 Å². The van der Waals surface area contributed by atoms with Crippen molar-refractivity contribution in [1.82, 2.24) is 4.90 Å². The molecule has 4 fully saturated rings. The Morgan fingerprint density at radius 1 is 0.798 bits per heavy atom. The number of hydrogen-bond donors (Lipinski definition) is 1. The number of amides is 1. The zero-order valence-electron chi connectivity index (χ0n) is 64.1. The summed E-state index contributed by atoms with van der Waals surface area (Å²) in [5, 5.41) is 12.2. The Hall–Kier alpha value is -6.38. The molecular formula is C80H113NO22Si. The van der Waals surface area contributed by atoms with E-state index in [0.29, 0.717) is 56.9 Å². The molecule has 1 unspecified atom stereocenters. The van der Waals surface area contributed by atoms with E-state index >= 15 is 9.59 Å². The maximum Gasteiger partial charge on any atom is 0.342 e. The number of esters is 4. The van der Waals surface area contributed by atoms with Crippen molar-refractivity contribution in [2.75, 3.05) is 41.6 Å². The maximum absolute atomic E-state index is 15.2. The van der Waals surface area contributed by atoms with E-state index in [4.69, 9.17) is 51.5 Å². The molecule has 0 spiro atoms. The van der Waals surface area contributed by atoms with Crippen LogP contribution in [0.1, 0.15) is 211 Å². The van der Waals surface area contributed by atoms with Gasteiger partial charge in [-0.15, -0.1) is 0 Å². The minimum absolute atomic E-state index is 0.0130. The second-order valence-corrected chi connectivity index (χ2v) is 37.4. The monoisotopic (exact) mass is 1470 g/mol. The fraction of sp³-hybridized carbons (Fsp3) is 0.700. The molecule has 4 aliphatic carbocycles. The predicted octanol–water partition coefficient (Wildman–Crippen LogP) is 11.5. The van der Waals surface area contributed by atoms with Gasteiger partial charge in [-0.25, -0.2) is 9.59 Å². The third-order valence-corrected chi connectivity index (χ3v) is 28.8. The van der Waals surface area contributed by atoms with E-state index in [1.807, 2.05) is 51.2 Å². The van der Waals surface area contributed by atoms with Gasteiger partial charge in [-0.2, -0.15) is 0 Å². The van der Waals surface area contributed by atoms with Crippen LogP contribution in [0.15, 0.2) is 69.4 Å². The lowest BCUT2D eigenvalue weighted by Gasteiger charge is -2.47. The molecule has 2 saturated carbocycles. The summed E-state index contributed by atoms with van der Waals surface area (Å²) >= 11 is 0. The molecule has 4 aliphatic heterocycles. The summed E-state index contributed by atoms with van der Waals surface area (Å²) in [7, 11) is 3.76. The molecule has 0 aromatic carbocycles. The van der Waals surface area contributed by atoms with Crippen molar-refractivity contribution in [2.24, 2.45) is 46.8 Å². The summed E-state index contributed by atoms with van der Waals surface area (Å²) in [6.45, 7) is 25.0. The highest BCUT2D eigenvalue weighted by atomic mass is 28.4. The van der Waals surface area contributed by atoms with Gasteiger partial charge >= 0.3 is 23.9 Å². The molecule has 574 valence electrons. The van der Waals surface area contributed by atoms with Gasteiger partial charge in [0.2, 0.25) is 11.6 Å². The van der Waals surface area contributed by atoms with Crippen LogP contribution >= 0.6 is 0 Å². The number of fused-ring (bicyclic) bond motifs is 6. The molecule has 23 nitrogen and oxygen atoms in total. The van der Waals surface area contributed by atoms with Crippen molar-refractivity contribution >= 4 is 67.0 Å². The summed E-state index contributed by atoms with van der Waals surface area (Å²) < 4.78 is 67.5. The van der Waals surface area contributed by atoms with Crippen molar-refractivity contribution in [3.8, 4) is 0 Å². The van der Waals surface area contributed by atoms with Crippen LogP contribution in [0.2, 0.25) is 18.1 Å². The summed E-state index contributed by atoms with van der Waals surface area (Å²) in [4.78, 5) is 147. The second kappa shape index (κ2) is 33.8. The maximum atomic E-state index is 15.2. The highest BCUT2D eigenvalue weighted by Crippen LogP contribution is 2.60. The van der Waals surface area contributed by atoms with Gasteiger partial charge in [0.1, 0.15) is 54.2 Å². The number of methoxy groups -OCH3 is 4. The first-order valence-corrected chi connectivity index (χ1v) is 40.4. The fourth-order valence-corrected chi connectivity index (χ4v) is 18.5. The highest BCUT2D eigenvalue weighted by molar-refractivity contribution is 6.74. The van der Waals surface area contributed by atoms with Crippen molar-refractivity contribution in [3.63, 3.8) is 0 Å². The largest absolute Gasteiger partial charge is 0.460 e. The zero-order chi connectivity index (χ0) is 76.2. The van der Waals surface area contributed by atoms with Crippen LogP contribution in [0.3, 0.4) is 0 Å². The Bertz CT molecular complexity index is 3570. The van der Waals surface area contributed by atoms with Crippen molar-refractivity contribution < 1.29 is 105 Å². The molecular weight excluding hydrogens is 1350 g/mol. The number of piperidine rings is 1. The first-order chi connectivity index (χ1) is 49.0. The zero-order valence-corrected chi connectivity index (χ0v) is 65.1. The molecule has 1 aromatic heterocycles. The number of nitrogens with zero attached hydrogens (tertiary/aromatic N) is 1. The molecule has 20 atom stereocenters. The Kier molecular flexibility index (Phi) is 26.6. The Morgan fingerprint density at radius 3 is 2.20 bits per heavy atom. The number of furan rings is 1. The quantitative estimate of drug-likeness (QED) is 0.0452. The molecule has 5 heterocycles. The molecule has 24 heteroatoms. The van der Waals surface area contributed by atoms with Gasteiger partial charge in [0.15, 0.2) is 32.1 Å².